The minimum absolute atomic E-state index is 0.0592. The Morgan fingerprint density at radius 2 is 1.94 bits per heavy atom. The molecule has 0 aromatic heterocycles. The Morgan fingerprint density at radius 3 is 2.41 bits per heavy atom. The van der Waals surface area contributed by atoms with Gasteiger partial charge in [0.2, 0.25) is 5.78 Å². The lowest BCUT2D eigenvalue weighted by Crippen LogP contribution is -2.31. The summed E-state index contributed by atoms with van der Waals surface area (Å²) < 4.78 is 5.77. The lowest BCUT2D eigenvalue weighted by Gasteiger charge is -2.21. The van der Waals surface area contributed by atoms with Crippen molar-refractivity contribution in [2.24, 2.45) is 0 Å². The number of hydrogen-bond acceptors (Lipinski definition) is 3. The van der Waals surface area contributed by atoms with Crippen molar-refractivity contribution in [3.8, 4) is 0 Å². The van der Waals surface area contributed by atoms with Gasteiger partial charge in [-0.1, -0.05) is 19.1 Å². The largest absolute Gasteiger partial charge is 0.479 e. The van der Waals surface area contributed by atoms with Crippen molar-refractivity contribution in [2.45, 2.75) is 30.8 Å². The van der Waals surface area contributed by atoms with Gasteiger partial charge in [-0.25, -0.2) is 0 Å². The summed E-state index contributed by atoms with van der Waals surface area (Å²) in [5, 5.41) is 0. The standard InChI is InChI=1S/C14H16O2S/c1-4-14(2)13(15)9-12(16-14)10-5-7-11(17-3)8-6-10/h5-9H,4H2,1-3H3/t14-/m0/s1. The summed E-state index contributed by atoms with van der Waals surface area (Å²) in [6.07, 6.45) is 4.34. The van der Waals surface area contributed by atoms with Crippen LogP contribution in [0, 0.1) is 0 Å². The number of carbonyl (C=O) groups is 1. The summed E-state index contributed by atoms with van der Waals surface area (Å²) in [7, 11) is 0. The number of ketones is 1. The van der Waals surface area contributed by atoms with Gasteiger partial charge in [-0.2, -0.15) is 0 Å². The van der Waals surface area contributed by atoms with Crippen molar-refractivity contribution >= 4 is 23.3 Å². The van der Waals surface area contributed by atoms with E-state index in [-0.39, 0.29) is 5.78 Å². The Morgan fingerprint density at radius 1 is 1.29 bits per heavy atom. The summed E-state index contributed by atoms with van der Waals surface area (Å²) in [6, 6.07) is 8.06. The van der Waals surface area contributed by atoms with Crippen LogP contribution in [0.15, 0.2) is 35.2 Å². The highest BCUT2D eigenvalue weighted by Gasteiger charge is 2.38. The molecule has 1 heterocycles. The molecule has 1 aromatic rings. The molecule has 0 fully saturated rings. The Kier molecular flexibility index (Phi) is 3.29. The maximum absolute atomic E-state index is 11.8. The highest BCUT2D eigenvalue weighted by Crippen LogP contribution is 2.33. The molecule has 1 aliphatic heterocycles. The van der Waals surface area contributed by atoms with Gasteiger partial charge in [0.15, 0.2) is 5.60 Å². The van der Waals surface area contributed by atoms with Crippen molar-refractivity contribution in [1.29, 1.82) is 0 Å². The Balaban J connectivity index is 2.25. The fourth-order valence-corrected chi connectivity index (χ4v) is 2.15. The van der Waals surface area contributed by atoms with Crippen LogP contribution in [0.25, 0.3) is 5.76 Å². The van der Waals surface area contributed by atoms with Crippen LogP contribution in [0.1, 0.15) is 25.8 Å². The van der Waals surface area contributed by atoms with E-state index in [1.54, 1.807) is 17.8 Å². The number of carbonyl (C=O) groups excluding carboxylic acids is 1. The minimum Gasteiger partial charge on any atom is -0.479 e. The fraction of sp³-hybridized carbons (Fsp3) is 0.357. The van der Waals surface area contributed by atoms with Crippen LogP contribution < -0.4 is 0 Å². The molecule has 0 saturated heterocycles. The number of benzene rings is 1. The normalized spacial score (nSPS) is 23.5. The maximum Gasteiger partial charge on any atom is 0.202 e. The monoisotopic (exact) mass is 248 g/mol. The van der Waals surface area contributed by atoms with Gasteiger partial charge in [-0.3, -0.25) is 4.79 Å². The molecular weight excluding hydrogens is 232 g/mol. The van der Waals surface area contributed by atoms with E-state index in [1.807, 2.05) is 44.4 Å². The minimum atomic E-state index is -0.673. The van der Waals surface area contributed by atoms with Gasteiger partial charge in [-0.15, -0.1) is 11.8 Å². The second-order valence-corrected chi connectivity index (χ2v) is 5.17. The highest BCUT2D eigenvalue weighted by atomic mass is 32.2. The van der Waals surface area contributed by atoms with E-state index in [0.717, 1.165) is 5.56 Å². The van der Waals surface area contributed by atoms with Gasteiger partial charge < -0.3 is 4.74 Å². The predicted octanol–water partition coefficient (Wildman–Crippen LogP) is 3.52. The molecule has 1 aromatic carbocycles. The molecule has 17 heavy (non-hydrogen) atoms. The van der Waals surface area contributed by atoms with Crippen molar-refractivity contribution in [3.63, 3.8) is 0 Å². The van der Waals surface area contributed by atoms with E-state index in [1.165, 1.54) is 4.90 Å². The summed E-state index contributed by atoms with van der Waals surface area (Å²) in [5.41, 5.74) is 0.293. The van der Waals surface area contributed by atoms with Crippen LogP contribution in [-0.2, 0) is 9.53 Å². The van der Waals surface area contributed by atoms with Crippen molar-refractivity contribution in [1.82, 2.24) is 0 Å². The van der Waals surface area contributed by atoms with E-state index in [9.17, 15) is 4.79 Å². The van der Waals surface area contributed by atoms with Gasteiger partial charge >= 0.3 is 0 Å². The van der Waals surface area contributed by atoms with Gasteiger partial charge in [-0.05, 0) is 31.7 Å². The molecule has 0 amide bonds. The first kappa shape index (κ1) is 12.2. The topological polar surface area (TPSA) is 26.3 Å². The molecule has 1 aliphatic rings. The zero-order valence-electron chi connectivity index (χ0n) is 10.3. The molecule has 3 heteroatoms. The zero-order valence-corrected chi connectivity index (χ0v) is 11.1. The second kappa shape index (κ2) is 4.57. The highest BCUT2D eigenvalue weighted by molar-refractivity contribution is 7.98. The third-order valence-electron chi connectivity index (χ3n) is 3.17. The summed E-state index contributed by atoms with van der Waals surface area (Å²) in [6.45, 7) is 3.81. The molecule has 2 nitrogen and oxygen atoms in total. The van der Waals surface area contributed by atoms with Crippen LogP contribution in [0.5, 0.6) is 0 Å². The van der Waals surface area contributed by atoms with Gasteiger partial charge in [0.05, 0.1) is 0 Å². The molecule has 0 spiro atoms. The van der Waals surface area contributed by atoms with Crippen LogP contribution in [0.3, 0.4) is 0 Å². The predicted molar refractivity (Wildman–Crippen MR) is 71.0 cm³/mol. The van der Waals surface area contributed by atoms with Crippen LogP contribution in [0.2, 0.25) is 0 Å². The number of rotatable bonds is 3. The second-order valence-electron chi connectivity index (χ2n) is 4.29. The van der Waals surface area contributed by atoms with Crippen LogP contribution in [-0.4, -0.2) is 17.6 Å². The molecule has 90 valence electrons. The van der Waals surface area contributed by atoms with E-state index in [2.05, 4.69) is 0 Å². The van der Waals surface area contributed by atoms with E-state index in [0.29, 0.717) is 12.2 Å². The molecule has 2 rings (SSSR count). The van der Waals surface area contributed by atoms with Crippen molar-refractivity contribution in [2.75, 3.05) is 6.26 Å². The first-order valence-corrected chi connectivity index (χ1v) is 6.91. The van der Waals surface area contributed by atoms with Gasteiger partial charge in [0.1, 0.15) is 5.76 Å². The molecule has 0 unspecified atom stereocenters. The summed E-state index contributed by atoms with van der Waals surface area (Å²) in [5.74, 6) is 0.746. The number of thioether (sulfide) groups is 1. The Hall–Kier alpha value is -1.22. The van der Waals surface area contributed by atoms with Crippen molar-refractivity contribution < 1.29 is 9.53 Å². The Labute approximate surface area is 106 Å². The van der Waals surface area contributed by atoms with Gasteiger partial charge in [0, 0.05) is 16.5 Å². The molecule has 1 atom stereocenters. The number of hydrogen-bond donors (Lipinski definition) is 0. The van der Waals surface area contributed by atoms with Crippen LogP contribution in [0.4, 0.5) is 0 Å². The average Bonchev–Trinajstić information content (AvgIpc) is 2.67. The van der Waals surface area contributed by atoms with E-state index < -0.39 is 5.60 Å². The molecule has 0 saturated carbocycles. The molecule has 0 N–H and O–H groups in total. The lowest BCUT2D eigenvalue weighted by atomic mass is 9.99. The van der Waals surface area contributed by atoms with E-state index in [4.69, 9.17) is 4.74 Å². The number of ether oxygens (including phenoxy) is 1. The summed E-state index contributed by atoms with van der Waals surface area (Å²) in [4.78, 5) is 13.0. The fourth-order valence-electron chi connectivity index (χ4n) is 1.74. The SMILES string of the molecule is CC[C@]1(C)OC(c2ccc(SC)cc2)=CC1=O. The first-order valence-electron chi connectivity index (χ1n) is 5.68. The third-order valence-corrected chi connectivity index (χ3v) is 3.91. The maximum atomic E-state index is 11.8. The van der Waals surface area contributed by atoms with E-state index >= 15 is 0 Å². The van der Waals surface area contributed by atoms with Crippen molar-refractivity contribution in [3.05, 3.63) is 35.9 Å². The molecule has 0 radical (unpaired) electrons. The smallest absolute Gasteiger partial charge is 0.202 e. The first-order chi connectivity index (χ1) is 8.09. The summed E-state index contributed by atoms with van der Waals surface area (Å²) >= 11 is 1.70. The molecule has 0 aliphatic carbocycles. The third kappa shape index (κ3) is 2.25. The van der Waals surface area contributed by atoms with Crippen LogP contribution >= 0.6 is 11.8 Å². The zero-order chi connectivity index (χ0) is 12.5. The molecule has 0 bridgehead atoms. The lowest BCUT2D eigenvalue weighted by molar-refractivity contribution is -0.127. The van der Waals surface area contributed by atoms with Gasteiger partial charge in [0.25, 0.3) is 0 Å². The Bertz CT molecular complexity index is 462. The molecular formula is C14H16O2S. The average molecular weight is 248 g/mol. The quantitative estimate of drug-likeness (QED) is 0.766.